The van der Waals surface area contributed by atoms with Crippen molar-refractivity contribution in [3.8, 4) is 0 Å². The summed E-state index contributed by atoms with van der Waals surface area (Å²) in [5.74, 6) is -0.628. The van der Waals surface area contributed by atoms with Crippen LogP contribution in [0.3, 0.4) is 0 Å². The fraction of sp³-hybridized carbons (Fsp3) is 0.391. The Morgan fingerprint density at radius 1 is 1.16 bits per heavy atom. The number of benzene rings is 2. The first-order chi connectivity index (χ1) is 14.7. The summed E-state index contributed by atoms with van der Waals surface area (Å²) in [5, 5.41) is 13.7. The summed E-state index contributed by atoms with van der Waals surface area (Å²) in [5.41, 5.74) is -0.785. The van der Waals surface area contributed by atoms with Gasteiger partial charge in [-0.1, -0.05) is 24.3 Å². The maximum atomic E-state index is 14.1. The normalized spacial score (nSPS) is 18.5. The number of aromatic nitrogens is 2. The highest BCUT2D eigenvalue weighted by Gasteiger charge is 2.54. The average molecular weight is 433 g/mol. The van der Waals surface area contributed by atoms with Crippen molar-refractivity contribution in [1.29, 1.82) is 0 Å². The van der Waals surface area contributed by atoms with Crippen LogP contribution in [0.15, 0.2) is 42.6 Å². The molecule has 0 amide bonds. The van der Waals surface area contributed by atoms with Crippen molar-refractivity contribution in [3.05, 3.63) is 65.4 Å². The second kappa shape index (κ2) is 8.07. The molecule has 1 aromatic heterocycles. The lowest BCUT2D eigenvalue weighted by Gasteiger charge is -2.36. The zero-order valence-electron chi connectivity index (χ0n) is 17.0. The molecule has 3 aromatic rings. The molecule has 2 aromatic carbocycles. The molecule has 1 aliphatic carbocycles. The van der Waals surface area contributed by atoms with Crippen molar-refractivity contribution in [2.75, 3.05) is 11.9 Å². The molecule has 2 N–H and O–H groups in total. The van der Waals surface area contributed by atoms with Crippen molar-refractivity contribution in [1.82, 2.24) is 9.97 Å². The van der Waals surface area contributed by atoms with E-state index in [0.29, 0.717) is 12.2 Å². The van der Waals surface area contributed by atoms with Gasteiger partial charge in [-0.3, -0.25) is 0 Å². The second-order valence-electron chi connectivity index (χ2n) is 8.15. The van der Waals surface area contributed by atoms with Crippen LogP contribution in [0, 0.1) is 12.7 Å². The van der Waals surface area contributed by atoms with E-state index >= 15 is 0 Å². The fourth-order valence-electron chi connectivity index (χ4n) is 4.33. The molecule has 2 atom stereocenters. The number of fused-ring (bicyclic) bond motifs is 2. The highest BCUT2D eigenvalue weighted by atomic mass is 19.4. The number of aryl methyl sites for hydroxylation is 2. The Bertz CT molecular complexity index is 1100. The van der Waals surface area contributed by atoms with Crippen LogP contribution >= 0.6 is 0 Å². The van der Waals surface area contributed by atoms with Gasteiger partial charge in [0.1, 0.15) is 17.2 Å². The van der Waals surface area contributed by atoms with Crippen LogP contribution in [0.4, 0.5) is 23.2 Å². The van der Waals surface area contributed by atoms with E-state index in [1.54, 1.807) is 6.92 Å². The van der Waals surface area contributed by atoms with E-state index in [0.717, 1.165) is 30.0 Å². The molecule has 2 unspecified atom stereocenters. The van der Waals surface area contributed by atoms with Gasteiger partial charge in [-0.15, -0.1) is 0 Å². The standard InChI is InChI=1S/C23H23F4N3O/c1-14-28-12-18-20(10-9-19(24)21(18)30-14)29-13-22(31,23(25,26)27)11-16-7-4-6-15-5-2-3-8-17(15)16/h2-3,5,8-10,12,16,29,31H,4,6-7,11,13H2,1H3. The van der Waals surface area contributed by atoms with E-state index in [9.17, 15) is 22.7 Å². The molecule has 0 saturated heterocycles. The second-order valence-corrected chi connectivity index (χ2v) is 8.15. The molecule has 164 valence electrons. The van der Waals surface area contributed by atoms with Gasteiger partial charge in [-0.05, 0) is 61.8 Å². The minimum absolute atomic E-state index is 0.0225. The Morgan fingerprint density at radius 2 is 1.94 bits per heavy atom. The van der Waals surface area contributed by atoms with Crippen molar-refractivity contribution < 1.29 is 22.7 Å². The van der Waals surface area contributed by atoms with E-state index in [1.807, 2.05) is 24.3 Å². The number of aliphatic hydroxyl groups is 1. The number of halogens is 4. The Kier molecular flexibility index (Phi) is 5.60. The fourth-order valence-corrected chi connectivity index (χ4v) is 4.33. The predicted molar refractivity (Wildman–Crippen MR) is 110 cm³/mol. The number of anilines is 1. The summed E-state index contributed by atoms with van der Waals surface area (Å²) in [6, 6.07) is 9.94. The average Bonchev–Trinajstić information content (AvgIpc) is 2.73. The molecule has 31 heavy (non-hydrogen) atoms. The van der Waals surface area contributed by atoms with Crippen molar-refractivity contribution >= 4 is 16.6 Å². The summed E-state index contributed by atoms with van der Waals surface area (Å²) >= 11 is 0. The molecule has 4 nitrogen and oxygen atoms in total. The van der Waals surface area contributed by atoms with Crippen LogP contribution in [-0.2, 0) is 6.42 Å². The first-order valence-corrected chi connectivity index (χ1v) is 10.2. The molecule has 0 saturated carbocycles. The van der Waals surface area contributed by atoms with E-state index in [2.05, 4.69) is 15.3 Å². The Morgan fingerprint density at radius 3 is 2.71 bits per heavy atom. The van der Waals surface area contributed by atoms with Crippen LogP contribution < -0.4 is 5.32 Å². The lowest BCUT2D eigenvalue weighted by atomic mass is 9.76. The maximum Gasteiger partial charge on any atom is 0.418 e. The number of nitrogens with one attached hydrogen (secondary N) is 1. The van der Waals surface area contributed by atoms with E-state index in [1.165, 1.54) is 12.3 Å². The Labute approximate surface area is 177 Å². The van der Waals surface area contributed by atoms with Crippen LogP contribution in [-0.4, -0.2) is 33.4 Å². The first kappa shape index (κ1) is 21.5. The third-order valence-electron chi connectivity index (χ3n) is 6.00. The molecular formula is C23H23F4N3O. The van der Waals surface area contributed by atoms with Crippen LogP contribution in [0.5, 0.6) is 0 Å². The number of alkyl halides is 3. The monoisotopic (exact) mass is 433 g/mol. The molecule has 0 bridgehead atoms. The summed E-state index contributed by atoms with van der Waals surface area (Å²) in [7, 11) is 0. The summed E-state index contributed by atoms with van der Waals surface area (Å²) in [6.45, 7) is 0.840. The molecule has 1 heterocycles. The zero-order chi connectivity index (χ0) is 22.2. The lowest BCUT2D eigenvalue weighted by Crippen LogP contribution is -2.51. The largest absolute Gasteiger partial charge is 0.418 e. The minimum Gasteiger partial charge on any atom is -0.381 e. The number of hydrogen-bond acceptors (Lipinski definition) is 4. The van der Waals surface area contributed by atoms with Crippen molar-refractivity contribution in [3.63, 3.8) is 0 Å². The van der Waals surface area contributed by atoms with Gasteiger partial charge in [0.05, 0.1) is 6.54 Å². The van der Waals surface area contributed by atoms with Crippen LogP contribution in [0.2, 0.25) is 0 Å². The molecule has 8 heteroatoms. The summed E-state index contributed by atoms with van der Waals surface area (Å²) in [6.07, 6.45) is -1.72. The minimum atomic E-state index is -4.84. The van der Waals surface area contributed by atoms with E-state index < -0.39 is 36.5 Å². The molecule has 0 radical (unpaired) electrons. The molecule has 4 rings (SSSR count). The highest BCUT2D eigenvalue weighted by molar-refractivity contribution is 5.91. The number of nitrogens with zero attached hydrogens (tertiary/aromatic N) is 2. The third kappa shape index (κ3) is 4.21. The van der Waals surface area contributed by atoms with Crippen LogP contribution in [0.25, 0.3) is 10.9 Å². The summed E-state index contributed by atoms with van der Waals surface area (Å²) in [4.78, 5) is 8.06. The molecule has 0 fully saturated rings. The molecule has 0 aliphatic heterocycles. The van der Waals surface area contributed by atoms with E-state index in [-0.39, 0.29) is 16.6 Å². The summed E-state index contributed by atoms with van der Waals surface area (Å²) < 4.78 is 56.1. The quantitative estimate of drug-likeness (QED) is 0.537. The lowest BCUT2D eigenvalue weighted by molar-refractivity contribution is -0.258. The van der Waals surface area contributed by atoms with Crippen molar-refractivity contribution in [2.45, 2.75) is 50.3 Å². The van der Waals surface area contributed by atoms with Gasteiger partial charge in [0.2, 0.25) is 0 Å². The van der Waals surface area contributed by atoms with Gasteiger partial charge in [0, 0.05) is 17.3 Å². The molecule has 1 aliphatic rings. The Hall–Kier alpha value is -2.74. The predicted octanol–water partition coefficient (Wildman–Crippen LogP) is 5.29. The number of rotatable bonds is 5. The Balaban J connectivity index is 1.62. The van der Waals surface area contributed by atoms with Gasteiger partial charge < -0.3 is 10.4 Å². The highest BCUT2D eigenvalue weighted by Crippen LogP contribution is 2.43. The van der Waals surface area contributed by atoms with Crippen molar-refractivity contribution in [2.24, 2.45) is 0 Å². The van der Waals surface area contributed by atoms with Crippen LogP contribution in [0.1, 0.15) is 42.1 Å². The SMILES string of the molecule is Cc1ncc2c(NCC(O)(CC3CCCc4ccccc43)C(F)(F)F)ccc(F)c2n1. The van der Waals surface area contributed by atoms with Gasteiger partial charge in [0.25, 0.3) is 0 Å². The van der Waals surface area contributed by atoms with E-state index in [4.69, 9.17) is 0 Å². The first-order valence-electron chi connectivity index (χ1n) is 10.2. The number of hydrogen-bond donors (Lipinski definition) is 2. The zero-order valence-corrected chi connectivity index (χ0v) is 17.0. The smallest absolute Gasteiger partial charge is 0.381 e. The molecular weight excluding hydrogens is 410 g/mol. The third-order valence-corrected chi connectivity index (χ3v) is 6.00. The molecule has 0 spiro atoms. The van der Waals surface area contributed by atoms with Gasteiger partial charge in [-0.25, -0.2) is 14.4 Å². The van der Waals surface area contributed by atoms with Gasteiger partial charge in [-0.2, -0.15) is 13.2 Å². The maximum absolute atomic E-state index is 14.1. The van der Waals surface area contributed by atoms with Gasteiger partial charge >= 0.3 is 6.18 Å². The topological polar surface area (TPSA) is 58.0 Å². The van der Waals surface area contributed by atoms with Gasteiger partial charge in [0.15, 0.2) is 5.60 Å².